The smallest absolute Gasteiger partial charge is 0.276 e. The Morgan fingerprint density at radius 1 is 1.43 bits per heavy atom. The fourth-order valence-corrected chi connectivity index (χ4v) is 3.00. The van der Waals surface area contributed by atoms with Crippen LogP contribution >= 0.6 is 12.4 Å². The summed E-state index contributed by atoms with van der Waals surface area (Å²) in [5, 5.41) is 8.12. The van der Waals surface area contributed by atoms with E-state index in [9.17, 15) is 4.79 Å². The number of hydrogen-bond acceptors (Lipinski definition) is 4. The van der Waals surface area contributed by atoms with Gasteiger partial charge < -0.3 is 10.6 Å². The van der Waals surface area contributed by atoms with Gasteiger partial charge in [0.1, 0.15) is 0 Å². The normalized spacial score (nSPS) is 20.4. The molecule has 0 saturated carbocycles. The van der Waals surface area contributed by atoms with Gasteiger partial charge in [-0.1, -0.05) is 17.3 Å². The topological polar surface area (TPSA) is 77.0 Å². The Kier molecular flexibility index (Phi) is 5.38. The third-order valence-electron chi connectivity index (χ3n) is 4.23. The molecule has 2 atom stereocenters. The Morgan fingerprint density at radius 2 is 2.22 bits per heavy atom. The molecule has 2 unspecified atom stereocenters. The third-order valence-corrected chi connectivity index (χ3v) is 4.23. The van der Waals surface area contributed by atoms with Gasteiger partial charge in [-0.2, -0.15) is 0 Å². The molecule has 0 aliphatic carbocycles. The molecule has 1 aliphatic rings. The molecule has 1 aromatic carbocycles. The Hall–Kier alpha value is -1.92. The minimum absolute atomic E-state index is 0. The molecule has 124 valence electrons. The molecule has 1 aromatic heterocycles. The Morgan fingerprint density at radius 3 is 2.87 bits per heavy atom. The number of rotatable bonds is 3. The van der Waals surface area contributed by atoms with E-state index in [1.807, 2.05) is 36.1 Å². The summed E-state index contributed by atoms with van der Waals surface area (Å²) in [4.78, 5) is 14.4. The van der Waals surface area contributed by atoms with Gasteiger partial charge in [-0.25, -0.2) is 4.68 Å². The molecule has 1 aliphatic heterocycles. The Bertz CT molecular complexity index is 687. The molecule has 7 heteroatoms. The second-order valence-electron chi connectivity index (χ2n) is 6.03. The van der Waals surface area contributed by atoms with Crippen molar-refractivity contribution in [2.45, 2.75) is 26.3 Å². The number of carbonyl (C=O) groups is 1. The monoisotopic (exact) mass is 335 g/mol. The number of benzene rings is 1. The molecular formula is C16H22ClN5O. The first kappa shape index (κ1) is 17.4. The van der Waals surface area contributed by atoms with Crippen LogP contribution < -0.4 is 5.73 Å². The van der Waals surface area contributed by atoms with Crippen molar-refractivity contribution in [1.29, 1.82) is 0 Å². The average Bonchev–Trinajstić information content (AvgIpc) is 3.13. The SMILES string of the molecule is Cc1cccc(-n2cc(C(=O)N3CC(CN)CC3C)nn2)c1.Cl. The lowest BCUT2D eigenvalue weighted by molar-refractivity contribution is 0.0737. The van der Waals surface area contributed by atoms with Gasteiger partial charge in [-0.05, 0) is 50.4 Å². The molecule has 0 bridgehead atoms. The highest BCUT2D eigenvalue weighted by Gasteiger charge is 2.33. The van der Waals surface area contributed by atoms with Gasteiger partial charge in [0.15, 0.2) is 5.69 Å². The predicted octanol–water partition coefficient (Wildman–Crippen LogP) is 1.81. The number of carbonyl (C=O) groups excluding carboxylic acids is 1. The number of amides is 1. The van der Waals surface area contributed by atoms with Crippen molar-refractivity contribution >= 4 is 18.3 Å². The van der Waals surface area contributed by atoms with Crippen LogP contribution in [-0.2, 0) is 0 Å². The van der Waals surface area contributed by atoms with Crippen molar-refractivity contribution in [1.82, 2.24) is 19.9 Å². The van der Waals surface area contributed by atoms with Crippen molar-refractivity contribution in [3.05, 3.63) is 41.7 Å². The van der Waals surface area contributed by atoms with E-state index in [1.165, 1.54) is 0 Å². The second-order valence-corrected chi connectivity index (χ2v) is 6.03. The van der Waals surface area contributed by atoms with Crippen molar-refractivity contribution in [2.75, 3.05) is 13.1 Å². The van der Waals surface area contributed by atoms with E-state index < -0.39 is 0 Å². The first-order chi connectivity index (χ1) is 10.6. The summed E-state index contributed by atoms with van der Waals surface area (Å²) in [5.74, 6) is 0.313. The van der Waals surface area contributed by atoms with Gasteiger partial charge in [0.2, 0.25) is 0 Å². The first-order valence-corrected chi connectivity index (χ1v) is 7.59. The molecule has 0 spiro atoms. The van der Waals surface area contributed by atoms with Crippen molar-refractivity contribution in [3.63, 3.8) is 0 Å². The molecule has 3 rings (SSSR count). The number of aromatic nitrogens is 3. The Balaban J connectivity index is 0.00000192. The number of aryl methyl sites for hydroxylation is 1. The summed E-state index contributed by atoms with van der Waals surface area (Å²) in [5.41, 5.74) is 8.14. The van der Waals surface area contributed by atoms with Crippen molar-refractivity contribution in [3.8, 4) is 5.69 Å². The molecule has 0 radical (unpaired) electrons. The van der Waals surface area contributed by atoms with E-state index in [1.54, 1.807) is 10.9 Å². The number of halogens is 1. The molecule has 23 heavy (non-hydrogen) atoms. The van der Waals surface area contributed by atoms with Gasteiger partial charge in [0.05, 0.1) is 11.9 Å². The number of nitrogens with zero attached hydrogens (tertiary/aromatic N) is 4. The fraction of sp³-hybridized carbons (Fsp3) is 0.438. The van der Waals surface area contributed by atoms with Crippen LogP contribution in [0.15, 0.2) is 30.5 Å². The lowest BCUT2D eigenvalue weighted by Gasteiger charge is -2.19. The van der Waals surface area contributed by atoms with E-state index >= 15 is 0 Å². The van der Waals surface area contributed by atoms with Crippen LogP contribution in [0.1, 0.15) is 29.4 Å². The summed E-state index contributed by atoms with van der Waals surface area (Å²) in [6, 6.07) is 8.13. The van der Waals surface area contributed by atoms with Crippen molar-refractivity contribution in [2.24, 2.45) is 11.7 Å². The molecular weight excluding hydrogens is 314 g/mol. The Labute approximate surface area is 142 Å². The average molecular weight is 336 g/mol. The van der Waals surface area contributed by atoms with E-state index in [-0.39, 0.29) is 24.4 Å². The highest BCUT2D eigenvalue weighted by atomic mass is 35.5. The summed E-state index contributed by atoms with van der Waals surface area (Å²) in [6.07, 6.45) is 2.65. The maximum atomic E-state index is 12.6. The first-order valence-electron chi connectivity index (χ1n) is 7.59. The minimum Gasteiger partial charge on any atom is -0.334 e. The van der Waals surface area contributed by atoms with Gasteiger partial charge in [-0.3, -0.25) is 4.79 Å². The van der Waals surface area contributed by atoms with E-state index in [0.717, 1.165) is 17.7 Å². The minimum atomic E-state index is -0.0673. The van der Waals surface area contributed by atoms with Gasteiger partial charge in [-0.15, -0.1) is 17.5 Å². The molecule has 1 fully saturated rings. The van der Waals surface area contributed by atoms with Crippen LogP contribution in [0.25, 0.3) is 5.69 Å². The molecule has 1 amide bonds. The zero-order valence-electron chi connectivity index (χ0n) is 13.3. The number of likely N-dealkylation sites (tertiary alicyclic amines) is 1. The molecule has 6 nitrogen and oxygen atoms in total. The molecule has 2 aromatic rings. The molecule has 1 saturated heterocycles. The van der Waals surface area contributed by atoms with E-state index in [4.69, 9.17) is 5.73 Å². The van der Waals surface area contributed by atoms with Crippen LogP contribution in [0, 0.1) is 12.8 Å². The zero-order chi connectivity index (χ0) is 15.7. The number of hydrogen-bond donors (Lipinski definition) is 1. The number of nitrogens with two attached hydrogens (primary N) is 1. The van der Waals surface area contributed by atoms with Gasteiger partial charge in [0.25, 0.3) is 5.91 Å². The quantitative estimate of drug-likeness (QED) is 0.928. The maximum absolute atomic E-state index is 12.6. The summed E-state index contributed by atoms with van der Waals surface area (Å²) in [6.45, 7) is 5.39. The highest BCUT2D eigenvalue weighted by molar-refractivity contribution is 5.92. The summed E-state index contributed by atoms with van der Waals surface area (Å²) < 4.78 is 1.64. The largest absolute Gasteiger partial charge is 0.334 e. The summed E-state index contributed by atoms with van der Waals surface area (Å²) >= 11 is 0. The predicted molar refractivity (Wildman–Crippen MR) is 91.0 cm³/mol. The molecule has 2 N–H and O–H groups in total. The molecule has 2 heterocycles. The van der Waals surface area contributed by atoms with E-state index in [2.05, 4.69) is 17.2 Å². The van der Waals surface area contributed by atoms with Crippen LogP contribution in [0.4, 0.5) is 0 Å². The third kappa shape index (κ3) is 3.54. The van der Waals surface area contributed by atoms with Crippen LogP contribution in [0.2, 0.25) is 0 Å². The van der Waals surface area contributed by atoms with Gasteiger partial charge in [0, 0.05) is 12.6 Å². The summed E-state index contributed by atoms with van der Waals surface area (Å²) in [7, 11) is 0. The second kappa shape index (κ2) is 7.10. The maximum Gasteiger partial charge on any atom is 0.276 e. The van der Waals surface area contributed by atoms with E-state index in [0.29, 0.717) is 24.7 Å². The lowest BCUT2D eigenvalue weighted by Crippen LogP contribution is -2.34. The van der Waals surface area contributed by atoms with Crippen LogP contribution in [0.5, 0.6) is 0 Å². The highest BCUT2D eigenvalue weighted by Crippen LogP contribution is 2.23. The van der Waals surface area contributed by atoms with Gasteiger partial charge >= 0.3 is 0 Å². The van der Waals surface area contributed by atoms with Crippen LogP contribution in [0.3, 0.4) is 0 Å². The van der Waals surface area contributed by atoms with Crippen molar-refractivity contribution < 1.29 is 4.79 Å². The standard InChI is InChI=1S/C16H21N5O.ClH/c1-11-4-3-5-14(6-11)21-10-15(18-19-21)16(22)20-9-13(8-17)7-12(20)2;/h3-6,10,12-13H,7-9,17H2,1-2H3;1H. The lowest BCUT2D eigenvalue weighted by atomic mass is 10.1. The fourth-order valence-electron chi connectivity index (χ4n) is 3.00. The zero-order valence-corrected chi connectivity index (χ0v) is 14.2. The van der Waals surface area contributed by atoms with Crippen LogP contribution in [-0.4, -0.2) is 44.9 Å².